The van der Waals surface area contributed by atoms with Gasteiger partial charge in [0.15, 0.2) is 0 Å². The van der Waals surface area contributed by atoms with E-state index in [-0.39, 0.29) is 11.7 Å². The summed E-state index contributed by atoms with van der Waals surface area (Å²) >= 11 is 1.24. The van der Waals surface area contributed by atoms with Crippen LogP contribution in [0.4, 0.5) is 4.39 Å². The lowest BCUT2D eigenvalue weighted by atomic mass is 10.1. The standard InChI is InChI=1S/C25H26FNO3S/c1-16-13-22(27-23(14-16)31-25(3,4)24(28)29)17(2)15-30-21-11-7-19(8-12-21)18-5-9-20(26)10-6-18/h5-14,17H,15H2,1-4H3,(H,28,29)/t17-/m0/s1. The monoisotopic (exact) mass is 439 g/mol. The van der Waals surface area contributed by atoms with Crippen LogP contribution in [0.3, 0.4) is 0 Å². The summed E-state index contributed by atoms with van der Waals surface area (Å²) in [5.74, 6) is -0.353. The van der Waals surface area contributed by atoms with Crippen LogP contribution in [0.15, 0.2) is 65.7 Å². The molecular weight excluding hydrogens is 413 g/mol. The number of rotatable bonds is 8. The highest BCUT2D eigenvalue weighted by molar-refractivity contribution is 8.01. The largest absolute Gasteiger partial charge is 0.493 e. The molecule has 0 saturated heterocycles. The van der Waals surface area contributed by atoms with Gasteiger partial charge >= 0.3 is 5.97 Å². The number of aryl methyl sites for hydroxylation is 1. The number of carbonyl (C=O) groups is 1. The van der Waals surface area contributed by atoms with Gasteiger partial charge in [0.05, 0.1) is 11.6 Å². The van der Waals surface area contributed by atoms with Crippen molar-refractivity contribution < 1.29 is 19.0 Å². The predicted molar refractivity (Wildman–Crippen MR) is 122 cm³/mol. The minimum absolute atomic E-state index is 0.0314. The highest BCUT2D eigenvalue weighted by Gasteiger charge is 2.29. The van der Waals surface area contributed by atoms with E-state index in [4.69, 9.17) is 4.74 Å². The summed E-state index contributed by atoms with van der Waals surface area (Å²) in [4.78, 5) is 16.1. The van der Waals surface area contributed by atoms with Crippen LogP contribution in [-0.4, -0.2) is 27.4 Å². The number of hydrogen-bond acceptors (Lipinski definition) is 4. The number of carboxylic acid groups (broad SMARTS) is 1. The van der Waals surface area contributed by atoms with Crippen molar-refractivity contribution in [1.82, 2.24) is 4.98 Å². The van der Waals surface area contributed by atoms with Gasteiger partial charge < -0.3 is 9.84 Å². The van der Waals surface area contributed by atoms with Crippen LogP contribution in [0.1, 0.15) is 37.9 Å². The minimum atomic E-state index is -0.954. The molecule has 0 amide bonds. The summed E-state index contributed by atoms with van der Waals surface area (Å²) in [6.45, 7) is 7.80. The van der Waals surface area contributed by atoms with E-state index in [0.29, 0.717) is 11.6 Å². The van der Waals surface area contributed by atoms with Crippen LogP contribution < -0.4 is 4.74 Å². The van der Waals surface area contributed by atoms with E-state index in [0.717, 1.165) is 28.1 Å². The van der Waals surface area contributed by atoms with E-state index in [1.54, 1.807) is 26.0 Å². The zero-order valence-corrected chi connectivity index (χ0v) is 18.9. The van der Waals surface area contributed by atoms with Crippen molar-refractivity contribution in [1.29, 1.82) is 0 Å². The topological polar surface area (TPSA) is 59.4 Å². The molecule has 0 spiro atoms. The molecule has 2 aromatic carbocycles. The van der Waals surface area contributed by atoms with E-state index in [2.05, 4.69) is 4.98 Å². The Bertz CT molecular complexity index is 1050. The van der Waals surface area contributed by atoms with E-state index < -0.39 is 10.7 Å². The van der Waals surface area contributed by atoms with Gasteiger partial charge in [-0.25, -0.2) is 9.37 Å². The Morgan fingerprint density at radius 1 is 1.10 bits per heavy atom. The molecule has 6 heteroatoms. The Morgan fingerprint density at radius 3 is 2.26 bits per heavy atom. The molecule has 0 radical (unpaired) electrons. The normalized spacial score (nSPS) is 12.4. The molecule has 162 valence electrons. The highest BCUT2D eigenvalue weighted by atomic mass is 32.2. The second-order valence-corrected chi connectivity index (χ2v) is 9.71. The fraction of sp³-hybridized carbons (Fsp3) is 0.280. The Labute approximate surface area is 186 Å². The molecule has 1 aromatic heterocycles. The molecule has 0 aliphatic rings. The molecule has 3 rings (SSSR count). The van der Waals surface area contributed by atoms with Gasteiger partial charge in [-0.05, 0) is 73.9 Å². The number of thioether (sulfide) groups is 1. The maximum Gasteiger partial charge on any atom is 0.319 e. The first-order chi connectivity index (χ1) is 14.6. The molecule has 1 atom stereocenters. The number of carboxylic acids is 1. The molecule has 0 aliphatic carbocycles. The van der Waals surface area contributed by atoms with Crippen molar-refractivity contribution in [2.24, 2.45) is 0 Å². The first-order valence-electron chi connectivity index (χ1n) is 10.0. The lowest BCUT2D eigenvalue weighted by molar-refractivity contribution is -0.138. The zero-order chi connectivity index (χ0) is 22.6. The van der Waals surface area contributed by atoms with Gasteiger partial charge in [0.1, 0.15) is 16.3 Å². The van der Waals surface area contributed by atoms with E-state index >= 15 is 0 Å². The number of aliphatic carboxylic acids is 1. The van der Waals surface area contributed by atoms with Crippen LogP contribution in [-0.2, 0) is 4.79 Å². The van der Waals surface area contributed by atoms with Gasteiger partial charge in [-0.15, -0.1) is 0 Å². The van der Waals surface area contributed by atoms with Gasteiger partial charge in [-0.3, -0.25) is 4.79 Å². The van der Waals surface area contributed by atoms with Gasteiger partial charge in [-0.2, -0.15) is 0 Å². The summed E-state index contributed by atoms with van der Waals surface area (Å²) in [5.41, 5.74) is 3.83. The molecule has 4 nitrogen and oxygen atoms in total. The highest BCUT2D eigenvalue weighted by Crippen LogP contribution is 2.33. The average molecular weight is 440 g/mol. The first-order valence-corrected chi connectivity index (χ1v) is 10.9. The van der Waals surface area contributed by atoms with Crippen molar-refractivity contribution in [2.45, 2.75) is 43.4 Å². The average Bonchev–Trinajstić information content (AvgIpc) is 2.72. The number of benzene rings is 2. The second-order valence-electron chi connectivity index (χ2n) is 8.07. The molecule has 31 heavy (non-hydrogen) atoms. The summed E-state index contributed by atoms with van der Waals surface area (Å²) in [7, 11) is 0. The van der Waals surface area contributed by atoms with Crippen molar-refractivity contribution in [3.05, 3.63) is 77.7 Å². The van der Waals surface area contributed by atoms with Crippen molar-refractivity contribution in [2.75, 3.05) is 6.61 Å². The van der Waals surface area contributed by atoms with E-state index in [1.165, 1.54) is 23.9 Å². The maximum atomic E-state index is 13.1. The van der Waals surface area contributed by atoms with Gasteiger partial charge in [0, 0.05) is 11.6 Å². The number of ether oxygens (including phenoxy) is 1. The number of hydrogen-bond donors (Lipinski definition) is 1. The third-order valence-electron chi connectivity index (χ3n) is 4.88. The number of halogens is 1. The molecule has 0 saturated carbocycles. The number of nitrogens with zero attached hydrogens (tertiary/aromatic N) is 1. The molecule has 3 aromatic rings. The minimum Gasteiger partial charge on any atom is -0.493 e. The molecule has 0 bridgehead atoms. The van der Waals surface area contributed by atoms with Gasteiger partial charge in [0.2, 0.25) is 0 Å². The molecule has 1 N–H and O–H groups in total. The summed E-state index contributed by atoms with van der Waals surface area (Å²) in [5, 5.41) is 10.1. The first kappa shape index (κ1) is 22.8. The maximum absolute atomic E-state index is 13.1. The third kappa shape index (κ3) is 6.07. The fourth-order valence-corrected chi connectivity index (χ4v) is 3.97. The van der Waals surface area contributed by atoms with E-state index in [1.807, 2.05) is 50.2 Å². The smallest absolute Gasteiger partial charge is 0.319 e. The van der Waals surface area contributed by atoms with E-state index in [9.17, 15) is 14.3 Å². The number of pyridine rings is 1. The van der Waals surface area contributed by atoms with Crippen LogP contribution in [0, 0.1) is 12.7 Å². The van der Waals surface area contributed by atoms with Crippen LogP contribution in [0.2, 0.25) is 0 Å². The van der Waals surface area contributed by atoms with Crippen LogP contribution in [0.25, 0.3) is 11.1 Å². The van der Waals surface area contributed by atoms with Crippen LogP contribution >= 0.6 is 11.8 Å². The third-order valence-corrected chi connectivity index (χ3v) is 5.98. The predicted octanol–water partition coefficient (Wildman–Crippen LogP) is 6.33. The quantitative estimate of drug-likeness (QED) is 0.415. The second kappa shape index (κ2) is 9.52. The SMILES string of the molecule is Cc1cc(SC(C)(C)C(=O)O)nc([C@@H](C)COc2ccc(-c3ccc(F)cc3)cc2)c1. The lowest BCUT2D eigenvalue weighted by Crippen LogP contribution is -2.27. The Hall–Kier alpha value is -2.86. The summed E-state index contributed by atoms with van der Waals surface area (Å²) in [6.07, 6.45) is 0. The summed E-state index contributed by atoms with van der Waals surface area (Å²) in [6, 6.07) is 18.0. The van der Waals surface area contributed by atoms with Crippen molar-refractivity contribution >= 4 is 17.7 Å². The van der Waals surface area contributed by atoms with Gasteiger partial charge in [0.25, 0.3) is 0 Å². The molecule has 0 unspecified atom stereocenters. The molecular formula is C25H26FNO3S. The Morgan fingerprint density at radius 2 is 1.68 bits per heavy atom. The molecule has 0 aliphatic heterocycles. The fourth-order valence-electron chi connectivity index (χ4n) is 2.96. The summed E-state index contributed by atoms with van der Waals surface area (Å²) < 4.78 is 18.1. The zero-order valence-electron chi connectivity index (χ0n) is 18.1. The van der Waals surface area contributed by atoms with Crippen LogP contribution in [0.5, 0.6) is 5.75 Å². The Kier molecular flexibility index (Phi) is 7.01. The molecule has 1 heterocycles. The van der Waals surface area contributed by atoms with Gasteiger partial charge in [-0.1, -0.05) is 43.0 Å². The number of aromatic nitrogens is 1. The molecule has 0 fully saturated rings. The Balaban J connectivity index is 1.66. The van der Waals surface area contributed by atoms with Crippen molar-refractivity contribution in [3.8, 4) is 16.9 Å². The lowest BCUT2D eigenvalue weighted by Gasteiger charge is -2.19. The van der Waals surface area contributed by atoms with Crippen molar-refractivity contribution in [3.63, 3.8) is 0 Å².